The van der Waals surface area contributed by atoms with Crippen molar-refractivity contribution in [2.45, 2.75) is 50.7 Å². The van der Waals surface area contributed by atoms with Gasteiger partial charge < -0.3 is 5.11 Å². The fraction of sp³-hybridized carbons (Fsp3) is 0.688. The predicted molar refractivity (Wildman–Crippen MR) is 86.2 cm³/mol. The standard InChI is InChI=1S/C16H22ClNO2S/c1-11(15(19)13-5-6-14(17)21-13)18-9-8-16(20)7-3-2-4-12(16)10-18/h5-6,11-12,20H,2-4,7-10H2,1H3. The van der Waals surface area contributed by atoms with Gasteiger partial charge in [0.25, 0.3) is 0 Å². The van der Waals surface area contributed by atoms with E-state index in [4.69, 9.17) is 11.6 Å². The summed E-state index contributed by atoms with van der Waals surface area (Å²) in [5.74, 6) is 0.468. The second kappa shape index (κ2) is 5.99. The normalized spacial score (nSPS) is 31.7. The number of fused-ring (bicyclic) bond motifs is 1. The highest BCUT2D eigenvalue weighted by Gasteiger charge is 2.44. The first-order valence-electron chi connectivity index (χ1n) is 7.75. The molecule has 5 heteroatoms. The molecule has 1 aliphatic heterocycles. The van der Waals surface area contributed by atoms with E-state index in [1.54, 1.807) is 6.07 Å². The molecule has 1 aliphatic carbocycles. The number of nitrogens with zero attached hydrogens (tertiary/aromatic N) is 1. The zero-order valence-electron chi connectivity index (χ0n) is 12.3. The number of carbonyl (C=O) groups is 1. The molecule has 0 radical (unpaired) electrons. The Morgan fingerprint density at radius 2 is 2.29 bits per heavy atom. The summed E-state index contributed by atoms with van der Waals surface area (Å²) in [6, 6.07) is 3.46. The van der Waals surface area contributed by atoms with Crippen molar-refractivity contribution in [1.29, 1.82) is 0 Å². The topological polar surface area (TPSA) is 40.5 Å². The summed E-state index contributed by atoms with van der Waals surface area (Å²) < 4.78 is 0.658. The third kappa shape index (κ3) is 3.04. The molecule has 1 saturated heterocycles. The molecule has 1 aromatic heterocycles. The molecule has 2 aliphatic rings. The van der Waals surface area contributed by atoms with Gasteiger partial charge in [-0.25, -0.2) is 0 Å². The molecular formula is C16H22ClNO2S. The molecule has 1 saturated carbocycles. The van der Waals surface area contributed by atoms with Crippen LogP contribution in [0.15, 0.2) is 12.1 Å². The smallest absolute Gasteiger partial charge is 0.189 e. The molecule has 2 heterocycles. The van der Waals surface area contributed by atoms with Gasteiger partial charge in [-0.1, -0.05) is 24.4 Å². The lowest BCUT2D eigenvalue weighted by atomic mass is 9.71. The molecule has 0 spiro atoms. The quantitative estimate of drug-likeness (QED) is 0.862. The van der Waals surface area contributed by atoms with Crippen LogP contribution < -0.4 is 0 Å². The van der Waals surface area contributed by atoms with Crippen LogP contribution in [0.4, 0.5) is 0 Å². The van der Waals surface area contributed by atoms with Crippen molar-refractivity contribution in [3.63, 3.8) is 0 Å². The zero-order chi connectivity index (χ0) is 15.0. The van der Waals surface area contributed by atoms with Crippen molar-refractivity contribution >= 4 is 28.7 Å². The van der Waals surface area contributed by atoms with Crippen molar-refractivity contribution in [1.82, 2.24) is 4.90 Å². The van der Waals surface area contributed by atoms with Crippen LogP contribution in [0.25, 0.3) is 0 Å². The van der Waals surface area contributed by atoms with Crippen LogP contribution in [0.1, 0.15) is 48.7 Å². The molecule has 116 valence electrons. The van der Waals surface area contributed by atoms with Crippen LogP contribution in [0.5, 0.6) is 0 Å². The van der Waals surface area contributed by atoms with Gasteiger partial charge in [0.05, 0.1) is 20.9 Å². The minimum absolute atomic E-state index is 0.133. The highest BCUT2D eigenvalue weighted by Crippen LogP contribution is 2.40. The van der Waals surface area contributed by atoms with Crippen molar-refractivity contribution in [3.8, 4) is 0 Å². The molecule has 2 fully saturated rings. The minimum Gasteiger partial charge on any atom is -0.390 e. The Morgan fingerprint density at radius 3 is 3.00 bits per heavy atom. The fourth-order valence-corrected chi connectivity index (χ4v) is 4.83. The number of likely N-dealkylation sites (tertiary alicyclic amines) is 1. The summed E-state index contributed by atoms with van der Waals surface area (Å²) in [6.07, 6.45) is 5.13. The third-order valence-corrected chi connectivity index (χ3v) is 6.45. The number of ketones is 1. The van der Waals surface area contributed by atoms with E-state index in [0.717, 1.165) is 43.6 Å². The minimum atomic E-state index is -0.482. The van der Waals surface area contributed by atoms with Crippen LogP contribution in [-0.4, -0.2) is 40.5 Å². The lowest BCUT2D eigenvalue weighted by molar-refractivity contribution is -0.0988. The maximum atomic E-state index is 12.5. The van der Waals surface area contributed by atoms with E-state index < -0.39 is 5.60 Å². The predicted octanol–water partition coefficient (Wildman–Crippen LogP) is 3.60. The Bertz CT molecular complexity index is 532. The number of rotatable bonds is 3. The van der Waals surface area contributed by atoms with E-state index in [1.807, 2.05) is 13.0 Å². The van der Waals surface area contributed by atoms with Crippen LogP contribution in [-0.2, 0) is 0 Å². The maximum absolute atomic E-state index is 12.5. The fourth-order valence-electron chi connectivity index (χ4n) is 3.77. The van der Waals surface area contributed by atoms with Gasteiger partial charge in [0.1, 0.15) is 0 Å². The van der Waals surface area contributed by atoms with Gasteiger partial charge in [0.15, 0.2) is 5.78 Å². The lowest BCUT2D eigenvalue weighted by Crippen LogP contribution is -2.56. The molecule has 0 amide bonds. The summed E-state index contributed by atoms with van der Waals surface area (Å²) >= 11 is 7.27. The van der Waals surface area contributed by atoms with E-state index in [9.17, 15) is 9.90 Å². The number of hydrogen-bond donors (Lipinski definition) is 1. The Kier molecular flexibility index (Phi) is 4.42. The first-order valence-corrected chi connectivity index (χ1v) is 8.95. The van der Waals surface area contributed by atoms with Crippen molar-refractivity contribution < 1.29 is 9.90 Å². The summed E-state index contributed by atoms with van der Waals surface area (Å²) in [5, 5.41) is 10.7. The lowest BCUT2D eigenvalue weighted by Gasteiger charge is -2.48. The second-order valence-corrected chi connectivity index (χ2v) is 8.15. The van der Waals surface area contributed by atoms with Gasteiger partial charge >= 0.3 is 0 Å². The molecule has 1 aromatic rings. The first kappa shape index (κ1) is 15.5. The van der Waals surface area contributed by atoms with Crippen LogP contribution in [0, 0.1) is 5.92 Å². The number of piperidine rings is 1. The molecule has 3 unspecified atom stereocenters. The number of carbonyl (C=O) groups excluding carboxylic acids is 1. The van der Waals surface area contributed by atoms with Crippen LogP contribution in [0.2, 0.25) is 4.34 Å². The van der Waals surface area contributed by atoms with Crippen molar-refractivity contribution in [2.75, 3.05) is 13.1 Å². The van der Waals surface area contributed by atoms with Crippen molar-refractivity contribution in [2.24, 2.45) is 5.92 Å². The number of hydrogen-bond acceptors (Lipinski definition) is 4. The Morgan fingerprint density at radius 1 is 1.48 bits per heavy atom. The summed E-state index contributed by atoms with van der Waals surface area (Å²) in [6.45, 7) is 3.62. The number of aliphatic hydroxyl groups is 1. The Balaban J connectivity index is 1.68. The summed E-state index contributed by atoms with van der Waals surface area (Å²) in [5.41, 5.74) is -0.482. The largest absolute Gasteiger partial charge is 0.390 e. The molecule has 0 aromatic carbocycles. The van der Waals surface area contributed by atoms with E-state index in [1.165, 1.54) is 17.8 Å². The van der Waals surface area contributed by atoms with Crippen LogP contribution in [0.3, 0.4) is 0 Å². The Labute approximate surface area is 134 Å². The van der Waals surface area contributed by atoms with Crippen LogP contribution >= 0.6 is 22.9 Å². The van der Waals surface area contributed by atoms with E-state index in [0.29, 0.717) is 10.3 Å². The maximum Gasteiger partial charge on any atom is 0.189 e. The SMILES string of the molecule is CC(C(=O)c1ccc(Cl)s1)N1CCC2(O)CCCCC2C1. The summed E-state index contributed by atoms with van der Waals surface area (Å²) in [7, 11) is 0. The third-order valence-electron chi connectivity index (χ3n) is 5.20. The molecule has 3 rings (SSSR count). The average Bonchev–Trinajstić information content (AvgIpc) is 2.91. The first-order chi connectivity index (χ1) is 9.99. The average molecular weight is 328 g/mol. The molecular weight excluding hydrogens is 306 g/mol. The molecule has 0 bridgehead atoms. The van der Waals surface area contributed by atoms with Gasteiger partial charge in [0, 0.05) is 19.0 Å². The van der Waals surface area contributed by atoms with E-state index in [-0.39, 0.29) is 11.8 Å². The molecule has 3 nitrogen and oxygen atoms in total. The zero-order valence-corrected chi connectivity index (χ0v) is 13.9. The molecule has 3 atom stereocenters. The van der Waals surface area contributed by atoms with E-state index in [2.05, 4.69) is 4.90 Å². The van der Waals surface area contributed by atoms with Gasteiger partial charge in [0.2, 0.25) is 0 Å². The molecule has 21 heavy (non-hydrogen) atoms. The monoisotopic (exact) mass is 327 g/mol. The van der Waals surface area contributed by atoms with Gasteiger partial charge in [-0.3, -0.25) is 9.69 Å². The second-order valence-electron chi connectivity index (χ2n) is 6.44. The Hall–Kier alpha value is -0.420. The number of Topliss-reactive ketones (excluding diaryl/α,β-unsaturated/α-hetero) is 1. The number of halogens is 1. The van der Waals surface area contributed by atoms with Gasteiger partial charge in [-0.2, -0.15) is 0 Å². The van der Waals surface area contributed by atoms with Gasteiger partial charge in [-0.15, -0.1) is 11.3 Å². The van der Waals surface area contributed by atoms with E-state index >= 15 is 0 Å². The highest BCUT2D eigenvalue weighted by molar-refractivity contribution is 7.18. The molecule has 1 N–H and O–H groups in total. The summed E-state index contributed by atoms with van der Waals surface area (Å²) in [4.78, 5) is 15.5. The highest BCUT2D eigenvalue weighted by atomic mass is 35.5. The van der Waals surface area contributed by atoms with Gasteiger partial charge in [-0.05, 0) is 38.3 Å². The van der Waals surface area contributed by atoms with Crippen molar-refractivity contribution in [3.05, 3.63) is 21.3 Å². The number of thiophene rings is 1.